The lowest BCUT2D eigenvalue weighted by Crippen LogP contribution is -2.23. The number of nitrogens with zero attached hydrogens (tertiary/aromatic N) is 1. The highest BCUT2D eigenvalue weighted by Crippen LogP contribution is 2.25. The summed E-state index contributed by atoms with van der Waals surface area (Å²) >= 11 is 0. The molecule has 1 aromatic rings. The van der Waals surface area contributed by atoms with Crippen molar-refractivity contribution >= 4 is 25.9 Å². The fourth-order valence-electron chi connectivity index (χ4n) is 1.50. The molecule has 8 nitrogen and oxygen atoms in total. The Kier molecular flexibility index (Phi) is 5.63. The van der Waals surface area contributed by atoms with E-state index in [4.69, 9.17) is 9.84 Å². The number of hydrogen-bond acceptors (Lipinski definition) is 6. The summed E-state index contributed by atoms with van der Waals surface area (Å²) in [6.07, 6.45) is -1.62. The summed E-state index contributed by atoms with van der Waals surface area (Å²) in [5.41, 5.74) is -0.637. The first-order chi connectivity index (χ1) is 10.1. The molecule has 1 N–H and O–H groups in total. The highest BCUT2D eigenvalue weighted by molar-refractivity contribution is 6.76. The maximum absolute atomic E-state index is 12.0. The van der Waals surface area contributed by atoms with Crippen LogP contribution in [0.2, 0.25) is 25.7 Å². The summed E-state index contributed by atoms with van der Waals surface area (Å²) in [4.78, 5) is 32.7. The van der Waals surface area contributed by atoms with Gasteiger partial charge in [-0.1, -0.05) is 19.6 Å². The van der Waals surface area contributed by atoms with Crippen LogP contribution in [0.3, 0.4) is 0 Å². The van der Waals surface area contributed by atoms with Crippen molar-refractivity contribution in [3.05, 3.63) is 33.9 Å². The second-order valence-electron chi connectivity index (χ2n) is 5.75. The predicted molar refractivity (Wildman–Crippen MR) is 80.2 cm³/mol. The van der Waals surface area contributed by atoms with Crippen LogP contribution in [0.25, 0.3) is 0 Å². The Hall–Kier alpha value is -2.42. The molecule has 0 amide bonds. The molecule has 0 radical (unpaired) electrons. The predicted octanol–water partition coefficient (Wildman–Crippen LogP) is 3.15. The lowest BCUT2D eigenvalue weighted by atomic mass is 10.2. The van der Waals surface area contributed by atoms with Gasteiger partial charge in [-0.2, -0.15) is 0 Å². The quantitative estimate of drug-likeness (QED) is 0.280. The normalized spacial score (nSPS) is 10.9. The third-order valence-electron chi connectivity index (χ3n) is 2.68. The zero-order valence-electron chi connectivity index (χ0n) is 12.5. The molecular formula is C13H17NO7Si. The first-order valence-corrected chi connectivity index (χ1v) is 10.2. The molecule has 0 spiro atoms. The van der Waals surface area contributed by atoms with Gasteiger partial charge in [-0.25, -0.2) is 9.59 Å². The van der Waals surface area contributed by atoms with Crippen molar-refractivity contribution in [1.29, 1.82) is 0 Å². The minimum absolute atomic E-state index is 0.170. The number of hydrogen-bond donors (Lipinski definition) is 1. The van der Waals surface area contributed by atoms with Crippen LogP contribution in [-0.2, 0) is 4.74 Å². The Morgan fingerprint density at radius 3 is 2.45 bits per heavy atom. The third kappa shape index (κ3) is 5.52. The fourth-order valence-corrected chi connectivity index (χ4v) is 2.22. The molecule has 0 saturated heterocycles. The highest BCUT2D eigenvalue weighted by Gasteiger charge is 2.22. The Labute approximate surface area is 127 Å². The molecule has 0 unspecified atom stereocenters. The number of esters is 1. The second kappa shape index (κ2) is 7.03. The summed E-state index contributed by atoms with van der Waals surface area (Å²) in [7, 11) is -1.40. The van der Waals surface area contributed by atoms with E-state index in [1.807, 2.05) is 0 Å². The van der Waals surface area contributed by atoms with Gasteiger partial charge in [0.1, 0.15) is 11.3 Å². The van der Waals surface area contributed by atoms with Crippen molar-refractivity contribution in [2.45, 2.75) is 25.7 Å². The van der Waals surface area contributed by atoms with Crippen LogP contribution in [0, 0.1) is 10.1 Å². The molecule has 0 atom stereocenters. The van der Waals surface area contributed by atoms with Gasteiger partial charge in [-0.05, 0) is 12.1 Å². The lowest BCUT2D eigenvalue weighted by molar-refractivity contribution is -0.384. The van der Waals surface area contributed by atoms with E-state index in [1.165, 1.54) is 0 Å². The minimum atomic E-state index is -1.62. The molecule has 0 aliphatic rings. The lowest BCUT2D eigenvalue weighted by Gasteiger charge is -2.15. The number of benzene rings is 1. The van der Waals surface area contributed by atoms with Crippen LogP contribution in [0.4, 0.5) is 10.5 Å². The summed E-state index contributed by atoms with van der Waals surface area (Å²) in [5, 5.41) is 19.4. The minimum Gasteiger partial charge on any atom is -0.462 e. The van der Waals surface area contributed by atoms with E-state index in [2.05, 4.69) is 24.4 Å². The van der Waals surface area contributed by atoms with Crippen molar-refractivity contribution < 1.29 is 29.1 Å². The zero-order chi connectivity index (χ0) is 16.9. The summed E-state index contributed by atoms with van der Waals surface area (Å²) in [6.45, 7) is 6.48. The Morgan fingerprint density at radius 2 is 1.95 bits per heavy atom. The topological polar surface area (TPSA) is 116 Å². The van der Waals surface area contributed by atoms with Crippen LogP contribution >= 0.6 is 0 Å². The fraction of sp³-hybridized carbons (Fsp3) is 0.385. The molecule has 0 heterocycles. The van der Waals surface area contributed by atoms with Gasteiger partial charge < -0.3 is 14.6 Å². The summed E-state index contributed by atoms with van der Waals surface area (Å²) < 4.78 is 9.51. The molecule has 0 bridgehead atoms. The van der Waals surface area contributed by atoms with Gasteiger partial charge in [0.15, 0.2) is 0 Å². The van der Waals surface area contributed by atoms with Crippen molar-refractivity contribution in [3.63, 3.8) is 0 Å². The smallest absolute Gasteiger partial charge is 0.462 e. The number of rotatable bonds is 6. The van der Waals surface area contributed by atoms with Crippen LogP contribution in [0.15, 0.2) is 18.2 Å². The number of ether oxygens (including phenoxy) is 2. The number of nitro groups is 1. The number of carbonyl (C=O) groups excluding carboxylic acids is 1. The first-order valence-electron chi connectivity index (χ1n) is 6.46. The molecule has 120 valence electrons. The Morgan fingerprint density at radius 1 is 1.32 bits per heavy atom. The molecule has 0 fully saturated rings. The van der Waals surface area contributed by atoms with Crippen molar-refractivity contribution in [1.82, 2.24) is 0 Å². The number of carboxylic acid groups (broad SMARTS) is 1. The van der Waals surface area contributed by atoms with Gasteiger partial charge >= 0.3 is 12.1 Å². The third-order valence-corrected chi connectivity index (χ3v) is 4.38. The average Bonchev–Trinajstić information content (AvgIpc) is 2.36. The molecule has 0 aliphatic heterocycles. The van der Waals surface area contributed by atoms with Crippen LogP contribution in [0.1, 0.15) is 10.4 Å². The van der Waals surface area contributed by atoms with Crippen molar-refractivity contribution in [2.75, 3.05) is 6.61 Å². The molecule has 0 aliphatic carbocycles. The Bertz CT molecular complexity index is 595. The molecule has 0 aromatic heterocycles. The van der Waals surface area contributed by atoms with E-state index in [0.717, 1.165) is 24.2 Å². The summed E-state index contributed by atoms with van der Waals surface area (Å²) in [5.74, 6) is -1.14. The Balaban J connectivity index is 2.97. The molecule has 1 rings (SSSR count). The van der Waals surface area contributed by atoms with E-state index in [1.54, 1.807) is 0 Å². The van der Waals surface area contributed by atoms with Gasteiger partial charge in [0.2, 0.25) is 0 Å². The SMILES string of the molecule is C[Si](C)(C)CCOC(=O)c1cc([N+](=O)[O-])ccc1OC(=O)O. The van der Waals surface area contributed by atoms with E-state index in [0.29, 0.717) is 0 Å². The number of nitro benzene ring substituents is 1. The van der Waals surface area contributed by atoms with Crippen LogP contribution in [-0.4, -0.2) is 36.8 Å². The van der Waals surface area contributed by atoms with Gasteiger partial charge in [-0.3, -0.25) is 10.1 Å². The number of non-ortho nitro benzene ring substituents is 1. The monoisotopic (exact) mass is 327 g/mol. The van der Waals surface area contributed by atoms with Crippen LogP contribution < -0.4 is 4.74 Å². The zero-order valence-corrected chi connectivity index (χ0v) is 13.5. The maximum Gasteiger partial charge on any atom is 0.511 e. The van der Waals surface area contributed by atoms with Crippen molar-refractivity contribution in [2.24, 2.45) is 0 Å². The summed E-state index contributed by atoms with van der Waals surface area (Å²) in [6, 6.07) is 3.77. The van der Waals surface area contributed by atoms with E-state index >= 15 is 0 Å². The molecular weight excluding hydrogens is 310 g/mol. The largest absolute Gasteiger partial charge is 0.511 e. The standard InChI is InChI=1S/C13H17NO7Si/c1-22(2,3)7-6-20-12(15)10-8-9(14(18)19)4-5-11(10)21-13(16)17/h4-5,8H,6-7H2,1-3H3,(H,16,17). The average molecular weight is 327 g/mol. The highest BCUT2D eigenvalue weighted by atomic mass is 28.3. The molecule has 9 heteroatoms. The van der Waals surface area contributed by atoms with E-state index in [-0.39, 0.29) is 23.6 Å². The maximum atomic E-state index is 12.0. The molecule has 1 aromatic carbocycles. The van der Waals surface area contributed by atoms with Gasteiger partial charge in [0, 0.05) is 20.2 Å². The van der Waals surface area contributed by atoms with Gasteiger partial charge in [-0.15, -0.1) is 0 Å². The molecule has 22 heavy (non-hydrogen) atoms. The van der Waals surface area contributed by atoms with Crippen molar-refractivity contribution in [3.8, 4) is 5.75 Å². The van der Waals surface area contributed by atoms with Crippen LogP contribution in [0.5, 0.6) is 5.75 Å². The van der Waals surface area contributed by atoms with E-state index < -0.39 is 25.1 Å². The first kappa shape index (κ1) is 17.6. The molecule has 0 saturated carbocycles. The second-order valence-corrected chi connectivity index (χ2v) is 11.4. The van der Waals surface area contributed by atoms with Gasteiger partial charge in [0.25, 0.3) is 5.69 Å². The van der Waals surface area contributed by atoms with Gasteiger partial charge in [0.05, 0.1) is 11.5 Å². The number of carbonyl (C=O) groups is 2. The van der Waals surface area contributed by atoms with E-state index in [9.17, 15) is 19.7 Å².